The van der Waals surface area contributed by atoms with Gasteiger partial charge in [-0.3, -0.25) is 5.32 Å². The number of carbonyl (C=O) groups is 2. The Labute approximate surface area is 130 Å². The van der Waals surface area contributed by atoms with Gasteiger partial charge in [0.05, 0.1) is 12.1 Å². The van der Waals surface area contributed by atoms with Crippen LogP contribution in [0.25, 0.3) is 0 Å². The van der Waals surface area contributed by atoms with E-state index in [1.165, 1.54) is 11.3 Å². The molecule has 0 aliphatic rings. The molecule has 0 atom stereocenters. The van der Waals surface area contributed by atoms with Crippen molar-refractivity contribution in [3.63, 3.8) is 0 Å². The first-order chi connectivity index (χ1) is 9.90. The minimum atomic E-state index is -1.03. The van der Waals surface area contributed by atoms with Crippen molar-refractivity contribution in [1.82, 2.24) is 5.32 Å². The van der Waals surface area contributed by atoms with E-state index in [2.05, 4.69) is 10.6 Å². The molecule has 0 fully saturated rings. The third kappa shape index (κ3) is 3.43. The van der Waals surface area contributed by atoms with Crippen LogP contribution in [0.1, 0.15) is 31.2 Å². The van der Waals surface area contributed by atoms with Gasteiger partial charge in [-0.2, -0.15) is 0 Å². The summed E-state index contributed by atoms with van der Waals surface area (Å²) in [5.74, 6) is -1.03. The van der Waals surface area contributed by atoms with Crippen LogP contribution in [0.2, 0.25) is 0 Å². The summed E-state index contributed by atoms with van der Waals surface area (Å²) in [7, 11) is 0. The lowest BCUT2D eigenvalue weighted by Gasteiger charge is -2.07. The molecule has 0 bridgehead atoms. The number of amides is 2. The average molecular weight is 324 g/mol. The van der Waals surface area contributed by atoms with Gasteiger partial charge in [0, 0.05) is 9.75 Å². The number of carboxylic acids is 1. The number of carboxylic acid groups (broad SMARTS) is 1. The first-order valence-electron chi connectivity index (χ1n) is 6.31. The van der Waals surface area contributed by atoms with Crippen LogP contribution in [0.5, 0.6) is 0 Å². The zero-order chi connectivity index (χ0) is 15.6. The summed E-state index contributed by atoms with van der Waals surface area (Å²) in [5.41, 5.74) is 1.99. The molecule has 0 aromatic carbocycles. The molecule has 3 N–H and O–H groups in total. The van der Waals surface area contributed by atoms with Crippen LogP contribution in [-0.2, 0) is 6.54 Å². The SMILES string of the molecule is Cc1ccsc1CNC(=O)Nc1sc(C)c(C)c1C(=O)O. The van der Waals surface area contributed by atoms with Crippen LogP contribution in [0.3, 0.4) is 0 Å². The Morgan fingerprint density at radius 1 is 1.29 bits per heavy atom. The average Bonchev–Trinajstić information content (AvgIpc) is 2.92. The monoisotopic (exact) mass is 324 g/mol. The summed E-state index contributed by atoms with van der Waals surface area (Å²) in [6.07, 6.45) is 0. The second kappa shape index (κ2) is 6.28. The van der Waals surface area contributed by atoms with Gasteiger partial charge >= 0.3 is 12.0 Å². The molecule has 5 nitrogen and oxygen atoms in total. The van der Waals surface area contributed by atoms with Crippen molar-refractivity contribution in [2.75, 3.05) is 5.32 Å². The number of urea groups is 1. The summed E-state index contributed by atoms with van der Waals surface area (Å²) in [6.45, 7) is 6.00. The molecule has 7 heteroatoms. The highest BCUT2D eigenvalue weighted by atomic mass is 32.1. The number of anilines is 1. The molecule has 2 aromatic rings. The Morgan fingerprint density at radius 2 is 2.00 bits per heavy atom. The predicted molar refractivity (Wildman–Crippen MR) is 85.7 cm³/mol. The number of hydrogen-bond donors (Lipinski definition) is 3. The fourth-order valence-corrected chi connectivity index (χ4v) is 3.76. The van der Waals surface area contributed by atoms with Gasteiger partial charge in [-0.15, -0.1) is 22.7 Å². The highest BCUT2D eigenvalue weighted by molar-refractivity contribution is 7.16. The topological polar surface area (TPSA) is 78.4 Å². The number of aromatic carboxylic acids is 1. The van der Waals surface area contributed by atoms with Crippen LogP contribution in [0.4, 0.5) is 9.80 Å². The van der Waals surface area contributed by atoms with E-state index in [1.807, 2.05) is 25.3 Å². The number of hydrogen-bond acceptors (Lipinski definition) is 4. The maximum atomic E-state index is 11.9. The zero-order valence-electron chi connectivity index (χ0n) is 11.9. The van der Waals surface area contributed by atoms with E-state index in [4.69, 9.17) is 0 Å². The molecule has 0 radical (unpaired) electrons. The Morgan fingerprint density at radius 3 is 2.57 bits per heavy atom. The summed E-state index contributed by atoms with van der Waals surface area (Å²) >= 11 is 2.85. The number of thiophene rings is 2. The van der Waals surface area contributed by atoms with Gasteiger partial charge in [0.25, 0.3) is 0 Å². The Bertz CT molecular complexity index is 688. The van der Waals surface area contributed by atoms with E-state index >= 15 is 0 Å². The fourth-order valence-electron chi connectivity index (χ4n) is 1.87. The quantitative estimate of drug-likeness (QED) is 0.801. The number of rotatable bonds is 4. The van der Waals surface area contributed by atoms with Crippen molar-refractivity contribution in [2.45, 2.75) is 27.3 Å². The third-order valence-electron chi connectivity index (χ3n) is 3.20. The fraction of sp³-hybridized carbons (Fsp3) is 0.286. The van der Waals surface area contributed by atoms with Crippen molar-refractivity contribution in [2.24, 2.45) is 0 Å². The van der Waals surface area contributed by atoms with Crippen molar-refractivity contribution in [3.05, 3.63) is 37.9 Å². The highest BCUT2D eigenvalue weighted by Crippen LogP contribution is 2.32. The minimum Gasteiger partial charge on any atom is -0.478 e. The van der Waals surface area contributed by atoms with Gasteiger partial charge in [0.15, 0.2) is 0 Å². The van der Waals surface area contributed by atoms with Gasteiger partial charge in [-0.1, -0.05) is 0 Å². The Balaban J connectivity index is 2.05. The van der Waals surface area contributed by atoms with Crippen molar-refractivity contribution in [1.29, 1.82) is 0 Å². The second-order valence-corrected chi connectivity index (χ2v) is 6.85. The van der Waals surface area contributed by atoms with E-state index in [1.54, 1.807) is 18.3 Å². The van der Waals surface area contributed by atoms with Crippen LogP contribution in [0.15, 0.2) is 11.4 Å². The van der Waals surface area contributed by atoms with Crippen LogP contribution < -0.4 is 10.6 Å². The molecule has 0 saturated carbocycles. The molecule has 112 valence electrons. The van der Waals surface area contributed by atoms with Crippen LogP contribution >= 0.6 is 22.7 Å². The molecule has 0 aliphatic carbocycles. The summed E-state index contributed by atoms with van der Waals surface area (Å²) in [4.78, 5) is 25.1. The molecular formula is C14H16N2O3S2. The largest absolute Gasteiger partial charge is 0.478 e. The second-order valence-electron chi connectivity index (χ2n) is 4.63. The van der Waals surface area contributed by atoms with Gasteiger partial charge in [-0.25, -0.2) is 9.59 Å². The molecule has 0 spiro atoms. The molecular weight excluding hydrogens is 308 g/mol. The molecule has 2 aromatic heterocycles. The highest BCUT2D eigenvalue weighted by Gasteiger charge is 2.20. The van der Waals surface area contributed by atoms with Crippen molar-refractivity contribution < 1.29 is 14.7 Å². The molecule has 21 heavy (non-hydrogen) atoms. The van der Waals surface area contributed by atoms with Crippen LogP contribution in [-0.4, -0.2) is 17.1 Å². The Kier molecular flexibility index (Phi) is 4.64. The molecule has 2 amide bonds. The van der Waals surface area contributed by atoms with E-state index in [9.17, 15) is 14.7 Å². The first kappa shape index (κ1) is 15.5. The van der Waals surface area contributed by atoms with Gasteiger partial charge in [0.2, 0.25) is 0 Å². The lowest BCUT2D eigenvalue weighted by atomic mass is 10.1. The van der Waals surface area contributed by atoms with Crippen LogP contribution in [0, 0.1) is 20.8 Å². The van der Waals surface area contributed by atoms with E-state index in [-0.39, 0.29) is 5.56 Å². The minimum absolute atomic E-state index is 0.167. The summed E-state index contributed by atoms with van der Waals surface area (Å²) in [5, 5.41) is 16.9. The first-order valence-corrected chi connectivity index (χ1v) is 8.01. The third-order valence-corrected chi connectivity index (χ3v) is 5.35. The smallest absolute Gasteiger partial charge is 0.338 e. The number of carbonyl (C=O) groups excluding carboxylic acids is 1. The van der Waals surface area contributed by atoms with E-state index in [0.717, 1.165) is 15.3 Å². The predicted octanol–water partition coefficient (Wildman–Crippen LogP) is 3.75. The molecule has 2 heterocycles. The number of aryl methyl sites for hydroxylation is 2. The Hall–Kier alpha value is -1.86. The molecule has 0 aliphatic heterocycles. The molecule has 0 saturated heterocycles. The van der Waals surface area contributed by atoms with Crippen molar-refractivity contribution in [3.8, 4) is 0 Å². The van der Waals surface area contributed by atoms with E-state index < -0.39 is 12.0 Å². The number of nitrogens with one attached hydrogen (secondary N) is 2. The van der Waals surface area contributed by atoms with E-state index in [0.29, 0.717) is 17.1 Å². The maximum Gasteiger partial charge on any atom is 0.338 e. The maximum absolute atomic E-state index is 11.9. The summed E-state index contributed by atoms with van der Waals surface area (Å²) in [6, 6.07) is 1.60. The van der Waals surface area contributed by atoms with Crippen molar-refractivity contribution >= 4 is 39.7 Å². The molecule has 2 rings (SSSR count). The lowest BCUT2D eigenvalue weighted by molar-refractivity contribution is 0.0697. The summed E-state index contributed by atoms with van der Waals surface area (Å²) < 4.78 is 0. The standard InChI is InChI=1S/C14H16N2O3S2/c1-7-4-5-20-10(7)6-15-14(19)16-12-11(13(17)18)8(2)9(3)21-12/h4-5H,6H2,1-3H3,(H,17,18)(H2,15,16,19). The zero-order valence-corrected chi connectivity index (χ0v) is 13.6. The van der Waals surface area contributed by atoms with Gasteiger partial charge in [0.1, 0.15) is 5.00 Å². The van der Waals surface area contributed by atoms with Gasteiger partial charge < -0.3 is 10.4 Å². The lowest BCUT2D eigenvalue weighted by Crippen LogP contribution is -2.28. The molecule has 0 unspecified atom stereocenters. The normalized spacial score (nSPS) is 10.4. The van der Waals surface area contributed by atoms with Gasteiger partial charge in [-0.05, 0) is 43.3 Å².